The van der Waals surface area contributed by atoms with Gasteiger partial charge in [0, 0.05) is 7.11 Å². The van der Waals surface area contributed by atoms with Crippen molar-refractivity contribution in [2.24, 2.45) is 0 Å². The smallest absolute Gasteiger partial charge is 0.268 e. The highest BCUT2D eigenvalue weighted by Gasteiger charge is 2.38. The van der Waals surface area contributed by atoms with Gasteiger partial charge in [-0.15, -0.1) is 11.8 Å². The van der Waals surface area contributed by atoms with Crippen LogP contribution in [0.4, 0.5) is 0 Å². The first-order valence-corrected chi connectivity index (χ1v) is 7.99. The number of methoxy groups -OCH3 is 2. The molecule has 2 rings (SSSR count). The lowest BCUT2D eigenvalue weighted by Crippen LogP contribution is -2.34. The van der Waals surface area contributed by atoms with Crippen LogP contribution in [0.25, 0.3) is 5.57 Å². The Hall–Kier alpha value is -1.79. The minimum Gasteiger partial charge on any atom is -0.497 e. The number of nitrogens with zero attached hydrogens (tertiary/aromatic N) is 1. The van der Waals surface area contributed by atoms with Gasteiger partial charge in [0.05, 0.1) is 30.7 Å². The highest BCUT2D eigenvalue weighted by molar-refractivity contribution is 8.04. The van der Waals surface area contributed by atoms with Gasteiger partial charge in [-0.3, -0.25) is 14.5 Å². The SMILES string of the molecule is CCSC1=C(c2ccc(OC)cc2)C(=O)N(CCOC)C1=O. The Labute approximate surface area is 134 Å². The van der Waals surface area contributed by atoms with E-state index in [1.165, 1.54) is 16.7 Å². The number of benzene rings is 1. The second-order valence-corrected chi connectivity index (χ2v) is 5.89. The Bertz CT molecular complexity index is 595. The van der Waals surface area contributed by atoms with Crippen LogP contribution in [0.2, 0.25) is 0 Å². The van der Waals surface area contributed by atoms with Crippen molar-refractivity contribution in [3.05, 3.63) is 34.7 Å². The highest BCUT2D eigenvalue weighted by Crippen LogP contribution is 2.36. The highest BCUT2D eigenvalue weighted by atomic mass is 32.2. The summed E-state index contributed by atoms with van der Waals surface area (Å²) < 4.78 is 10.1. The van der Waals surface area contributed by atoms with E-state index in [4.69, 9.17) is 9.47 Å². The fraction of sp³-hybridized carbons (Fsp3) is 0.375. The molecule has 0 saturated heterocycles. The lowest BCUT2D eigenvalue weighted by atomic mass is 10.1. The van der Waals surface area contributed by atoms with E-state index < -0.39 is 0 Å². The first-order chi connectivity index (χ1) is 10.6. The van der Waals surface area contributed by atoms with Crippen molar-refractivity contribution in [1.82, 2.24) is 4.90 Å². The van der Waals surface area contributed by atoms with E-state index in [0.29, 0.717) is 22.8 Å². The quantitative estimate of drug-likeness (QED) is 0.721. The minimum absolute atomic E-state index is 0.236. The average Bonchev–Trinajstić information content (AvgIpc) is 2.77. The Balaban J connectivity index is 2.38. The van der Waals surface area contributed by atoms with Gasteiger partial charge in [0.2, 0.25) is 0 Å². The van der Waals surface area contributed by atoms with Gasteiger partial charge in [-0.05, 0) is 23.4 Å². The molecule has 0 bridgehead atoms. The molecule has 0 saturated carbocycles. The van der Waals surface area contributed by atoms with Crippen molar-refractivity contribution in [1.29, 1.82) is 0 Å². The van der Waals surface area contributed by atoms with Crippen LogP contribution in [0.3, 0.4) is 0 Å². The first-order valence-electron chi connectivity index (χ1n) is 7.00. The summed E-state index contributed by atoms with van der Waals surface area (Å²) in [6.45, 7) is 2.55. The number of hydrogen-bond acceptors (Lipinski definition) is 5. The lowest BCUT2D eigenvalue weighted by molar-refractivity contribution is -0.137. The van der Waals surface area contributed by atoms with E-state index in [1.807, 2.05) is 6.92 Å². The normalized spacial score (nSPS) is 15.0. The number of rotatable bonds is 7. The van der Waals surface area contributed by atoms with Crippen LogP contribution in [0, 0.1) is 0 Å². The molecular formula is C16H19NO4S. The molecule has 0 N–H and O–H groups in total. The second kappa shape index (κ2) is 7.47. The molecule has 0 unspecified atom stereocenters. The van der Waals surface area contributed by atoms with Crippen molar-refractivity contribution in [2.75, 3.05) is 33.1 Å². The summed E-state index contributed by atoms with van der Waals surface area (Å²) in [4.78, 5) is 26.8. The Morgan fingerprint density at radius 1 is 1.09 bits per heavy atom. The van der Waals surface area contributed by atoms with E-state index in [2.05, 4.69) is 0 Å². The van der Waals surface area contributed by atoms with Crippen LogP contribution in [0.5, 0.6) is 5.75 Å². The Morgan fingerprint density at radius 3 is 2.32 bits per heavy atom. The maximum atomic E-state index is 12.6. The molecule has 0 radical (unpaired) electrons. The summed E-state index contributed by atoms with van der Waals surface area (Å²) >= 11 is 1.40. The molecule has 0 spiro atoms. The molecule has 1 aromatic rings. The van der Waals surface area contributed by atoms with Crippen molar-refractivity contribution >= 4 is 29.1 Å². The molecule has 5 nitrogen and oxygen atoms in total. The monoisotopic (exact) mass is 321 g/mol. The van der Waals surface area contributed by atoms with Crippen molar-refractivity contribution in [3.8, 4) is 5.75 Å². The predicted octanol–water partition coefficient (Wildman–Crippen LogP) is 2.17. The van der Waals surface area contributed by atoms with Gasteiger partial charge < -0.3 is 9.47 Å². The molecule has 0 atom stereocenters. The maximum Gasteiger partial charge on any atom is 0.268 e. The summed E-state index contributed by atoms with van der Waals surface area (Å²) in [5.41, 5.74) is 1.20. The second-order valence-electron chi connectivity index (χ2n) is 4.62. The fourth-order valence-electron chi connectivity index (χ4n) is 2.23. The molecule has 1 aliphatic heterocycles. The molecule has 1 aromatic carbocycles. The molecular weight excluding hydrogens is 302 g/mol. The van der Waals surface area contributed by atoms with Crippen LogP contribution in [-0.2, 0) is 14.3 Å². The number of thioether (sulfide) groups is 1. The zero-order valence-electron chi connectivity index (χ0n) is 12.9. The van der Waals surface area contributed by atoms with E-state index in [0.717, 1.165) is 11.3 Å². The van der Waals surface area contributed by atoms with Crippen LogP contribution in [0.15, 0.2) is 29.2 Å². The molecule has 6 heteroatoms. The average molecular weight is 321 g/mol. The third-order valence-electron chi connectivity index (χ3n) is 3.31. The molecule has 2 amide bonds. The number of amides is 2. The van der Waals surface area contributed by atoms with Gasteiger partial charge >= 0.3 is 0 Å². The lowest BCUT2D eigenvalue weighted by Gasteiger charge is -2.14. The van der Waals surface area contributed by atoms with Crippen LogP contribution >= 0.6 is 11.8 Å². The van der Waals surface area contributed by atoms with E-state index >= 15 is 0 Å². The Morgan fingerprint density at radius 2 is 1.77 bits per heavy atom. The van der Waals surface area contributed by atoms with Crippen LogP contribution in [-0.4, -0.2) is 49.8 Å². The molecule has 0 fully saturated rings. The van der Waals surface area contributed by atoms with Gasteiger partial charge in [0.25, 0.3) is 11.8 Å². The van der Waals surface area contributed by atoms with Gasteiger partial charge in [0.15, 0.2) is 0 Å². The van der Waals surface area contributed by atoms with Gasteiger partial charge in [0.1, 0.15) is 5.75 Å². The fourth-order valence-corrected chi connectivity index (χ4v) is 3.10. The summed E-state index contributed by atoms with van der Waals surface area (Å²) in [6, 6.07) is 7.17. The molecule has 118 valence electrons. The zero-order valence-corrected chi connectivity index (χ0v) is 13.7. The van der Waals surface area contributed by atoms with Crippen LogP contribution in [0.1, 0.15) is 12.5 Å². The standard InChI is InChI=1S/C16H19NO4S/c1-4-22-14-13(11-5-7-12(21-3)8-6-11)15(18)17(16(14)19)9-10-20-2/h5-8H,4,9-10H2,1-3H3. The van der Waals surface area contributed by atoms with Crippen molar-refractivity contribution < 1.29 is 19.1 Å². The number of carbonyl (C=O) groups is 2. The van der Waals surface area contributed by atoms with Gasteiger partial charge in [-0.1, -0.05) is 19.1 Å². The van der Waals surface area contributed by atoms with Gasteiger partial charge in [-0.25, -0.2) is 0 Å². The third-order valence-corrected chi connectivity index (χ3v) is 4.27. The summed E-state index contributed by atoms with van der Waals surface area (Å²) in [5, 5.41) is 0. The first kappa shape index (κ1) is 16.6. The summed E-state index contributed by atoms with van der Waals surface area (Å²) in [5.74, 6) is 0.941. The van der Waals surface area contributed by atoms with E-state index in [1.54, 1.807) is 38.5 Å². The van der Waals surface area contributed by atoms with Crippen molar-refractivity contribution in [2.45, 2.75) is 6.92 Å². The molecule has 1 heterocycles. The van der Waals surface area contributed by atoms with Gasteiger partial charge in [-0.2, -0.15) is 0 Å². The molecule has 0 aliphatic carbocycles. The molecule has 22 heavy (non-hydrogen) atoms. The van der Waals surface area contributed by atoms with Crippen molar-refractivity contribution in [3.63, 3.8) is 0 Å². The predicted molar refractivity (Wildman–Crippen MR) is 86.6 cm³/mol. The third kappa shape index (κ3) is 3.18. The topological polar surface area (TPSA) is 55.8 Å². The minimum atomic E-state index is -0.261. The summed E-state index contributed by atoms with van der Waals surface area (Å²) in [7, 11) is 3.13. The Kier molecular flexibility index (Phi) is 5.63. The molecule has 1 aliphatic rings. The maximum absolute atomic E-state index is 12.6. The number of imide groups is 1. The number of hydrogen-bond donors (Lipinski definition) is 0. The number of carbonyl (C=O) groups excluding carboxylic acids is 2. The van der Waals surface area contributed by atoms with Crippen LogP contribution < -0.4 is 4.74 Å². The number of ether oxygens (including phenoxy) is 2. The molecule has 0 aromatic heterocycles. The summed E-state index contributed by atoms with van der Waals surface area (Å²) in [6.07, 6.45) is 0. The van der Waals surface area contributed by atoms with E-state index in [-0.39, 0.29) is 18.4 Å². The largest absolute Gasteiger partial charge is 0.497 e. The zero-order chi connectivity index (χ0) is 16.1. The van der Waals surface area contributed by atoms with E-state index in [9.17, 15) is 9.59 Å².